The number of ether oxygens (including phenoxy) is 1. The minimum atomic E-state index is -4.74. The van der Waals surface area contributed by atoms with Crippen LogP contribution in [0.5, 0.6) is 5.75 Å². The van der Waals surface area contributed by atoms with Gasteiger partial charge in [-0.2, -0.15) is 18.3 Å². The smallest absolute Gasteiger partial charge is 0.434 e. The van der Waals surface area contributed by atoms with Gasteiger partial charge < -0.3 is 10.1 Å². The Labute approximate surface area is 138 Å². The molecule has 0 fully saturated rings. The van der Waals surface area contributed by atoms with E-state index < -0.39 is 34.7 Å². The average molecular weight is 364 g/mol. The number of rotatable bonds is 1. The van der Waals surface area contributed by atoms with Gasteiger partial charge in [0.15, 0.2) is 11.8 Å². The van der Waals surface area contributed by atoms with E-state index >= 15 is 0 Å². The number of halogens is 5. The predicted octanol–water partition coefficient (Wildman–Crippen LogP) is 3.62. The Morgan fingerprint density at radius 1 is 1.38 bits per heavy atom. The summed E-state index contributed by atoms with van der Waals surface area (Å²) in [6, 6.07) is 2.11. The van der Waals surface area contributed by atoms with Crippen molar-refractivity contribution < 1.29 is 27.1 Å². The molecule has 1 N–H and O–H groups in total. The molecule has 24 heavy (non-hydrogen) atoms. The van der Waals surface area contributed by atoms with Crippen molar-refractivity contribution in [3.8, 4) is 17.0 Å². The number of aryl methyl sites for hydroxylation is 1. The number of carbonyl (C=O) groups is 1. The third-order valence-corrected chi connectivity index (χ3v) is 3.87. The minimum Gasteiger partial charge on any atom is -0.479 e. The Bertz CT molecular complexity index is 848. The Hall–Kier alpha value is -2.29. The van der Waals surface area contributed by atoms with Crippen molar-refractivity contribution in [3.63, 3.8) is 0 Å². The van der Waals surface area contributed by atoms with E-state index in [-0.39, 0.29) is 22.7 Å². The van der Waals surface area contributed by atoms with Gasteiger partial charge in [-0.1, -0.05) is 11.6 Å². The quantitative estimate of drug-likeness (QED) is 0.787. The molecule has 1 amide bonds. The van der Waals surface area contributed by atoms with E-state index in [2.05, 4.69) is 10.4 Å². The van der Waals surface area contributed by atoms with Crippen molar-refractivity contribution in [2.45, 2.75) is 19.2 Å². The largest absolute Gasteiger partial charge is 0.479 e. The summed E-state index contributed by atoms with van der Waals surface area (Å²) in [7, 11) is 1.06. The topological polar surface area (TPSA) is 56.1 Å². The number of alkyl halides is 3. The van der Waals surface area contributed by atoms with Crippen LogP contribution < -0.4 is 10.1 Å². The normalized spacial score (nSPS) is 17.3. The molecule has 0 unspecified atom stereocenters. The lowest BCUT2D eigenvalue weighted by Crippen LogP contribution is -2.34. The second-order valence-electron chi connectivity index (χ2n) is 5.21. The molecule has 1 atom stereocenters. The molecule has 1 aromatic carbocycles. The molecule has 5 nitrogen and oxygen atoms in total. The van der Waals surface area contributed by atoms with Crippen LogP contribution in [-0.2, 0) is 18.0 Å². The molecule has 0 aliphatic carbocycles. The lowest BCUT2D eigenvalue weighted by atomic mass is 10.1. The number of hydrogen-bond donors (Lipinski definition) is 1. The highest BCUT2D eigenvalue weighted by atomic mass is 35.5. The Kier molecular flexibility index (Phi) is 3.71. The van der Waals surface area contributed by atoms with Crippen LogP contribution in [-0.4, -0.2) is 21.8 Å². The SMILES string of the molecule is C[C@H]1Oc2cc(F)c(-c3nn(C)c(C(F)(F)F)c3Cl)cc2NC1=O. The van der Waals surface area contributed by atoms with Crippen LogP contribution in [0.15, 0.2) is 12.1 Å². The summed E-state index contributed by atoms with van der Waals surface area (Å²) in [6.07, 6.45) is -5.55. The van der Waals surface area contributed by atoms with E-state index in [0.29, 0.717) is 4.68 Å². The number of nitrogens with one attached hydrogen (secondary N) is 1. The van der Waals surface area contributed by atoms with Crippen molar-refractivity contribution in [1.29, 1.82) is 0 Å². The first-order valence-corrected chi connectivity index (χ1v) is 7.08. The summed E-state index contributed by atoms with van der Waals surface area (Å²) >= 11 is 5.77. The fraction of sp³-hybridized carbons (Fsp3) is 0.286. The minimum absolute atomic E-state index is 0.0754. The highest BCUT2D eigenvalue weighted by Gasteiger charge is 2.39. The molecule has 1 aliphatic heterocycles. The fourth-order valence-electron chi connectivity index (χ4n) is 2.39. The van der Waals surface area contributed by atoms with Gasteiger partial charge in [0.2, 0.25) is 0 Å². The second kappa shape index (κ2) is 5.37. The first-order chi connectivity index (χ1) is 11.1. The molecular formula is C14H10ClF4N3O2. The van der Waals surface area contributed by atoms with Gasteiger partial charge in [-0.05, 0) is 13.0 Å². The van der Waals surface area contributed by atoms with Crippen LogP contribution in [0.1, 0.15) is 12.6 Å². The maximum atomic E-state index is 14.3. The first-order valence-electron chi connectivity index (χ1n) is 6.70. The van der Waals surface area contributed by atoms with Gasteiger partial charge in [-0.15, -0.1) is 0 Å². The summed E-state index contributed by atoms with van der Waals surface area (Å²) in [5.74, 6) is -1.25. The van der Waals surface area contributed by atoms with Crippen molar-refractivity contribution in [3.05, 3.63) is 28.7 Å². The van der Waals surface area contributed by atoms with Gasteiger partial charge in [-0.25, -0.2) is 4.39 Å². The summed E-state index contributed by atoms with van der Waals surface area (Å²) in [5, 5.41) is 5.43. The standard InChI is InChI=1S/C14H10ClF4N3O2/c1-5-13(23)20-8-3-6(7(16)4-9(8)24-5)11-10(15)12(14(17,18)19)22(2)21-11/h3-5H,1-2H3,(H,20,23)/t5-/m1/s1. The summed E-state index contributed by atoms with van der Waals surface area (Å²) in [5.41, 5.74) is -1.71. The molecule has 0 radical (unpaired) electrons. The molecule has 128 valence electrons. The van der Waals surface area contributed by atoms with Gasteiger partial charge in [0.05, 0.1) is 10.7 Å². The lowest BCUT2D eigenvalue weighted by molar-refractivity contribution is -0.143. The maximum absolute atomic E-state index is 14.3. The Morgan fingerprint density at radius 2 is 2.04 bits per heavy atom. The molecule has 10 heteroatoms. The number of carbonyl (C=O) groups excluding carboxylic acids is 1. The summed E-state index contributed by atoms with van der Waals surface area (Å²) in [6.45, 7) is 1.48. The highest BCUT2D eigenvalue weighted by molar-refractivity contribution is 6.33. The van der Waals surface area contributed by atoms with Crippen molar-refractivity contribution >= 4 is 23.2 Å². The fourth-order valence-corrected chi connectivity index (χ4v) is 2.76. The predicted molar refractivity (Wildman–Crippen MR) is 77.3 cm³/mol. The van der Waals surface area contributed by atoms with Gasteiger partial charge in [-0.3, -0.25) is 9.48 Å². The Morgan fingerprint density at radius 3 is 2.62 bits per heavy atom. The number of amides is 1. The van der Waals surface area contributed by atoms with Crippen molar-refractivity contribution in [1.82, 2.24) is 9.78 Å². The first kappa shape index (κ1) is 16.6. The molecule has 2 heterocycles. The van der Waals surface area contributed by atoms with Crippen molar-refractivity contribution in [2.24, 2.45) is 7.05 Å². The number of nitrogens with zero attached hydrogens (tertiary/aromatic N) is 2. The van der Waals surface area contributed by atoms with Crippen LogP contribution in [0, 0.1) is 5.82 Å². The van der Waals surface area contributed by atoms with Crippen molar-refractivity contribution in [2.75, 3.05) is 5.32 Å². The number of fused-ring (bicyclic) bond motifs is 1. The number of anilines is 1. The maximum Gasteiger partial charge on any atom is 0.434 e. The Balaban J connectivity index is 2.15. The summed E-state index contributed by atoms with van der Waals surface area (Å²) < 4.78 is 59.1. The second-order valence-corrected chi connectivity index (χ2v) is 5.59. The van der Waals surface area contributed by atoms with Crippen LogP contribution >= 0.6 is 11.6 Å². The van der Waals surface area contributed by atoms with Crippen LogP contribution in [0.3, 0.4) is 0 Å². The van der Waals surface area contributed by atoms with E-state index in [0.717, 1.165) is 19.2 Å². The van der Waals surface area contributed by atoms with E-state index in [1.54, 1.807) is 0 Å². The molecule has 0 spiro atoms. The number of aromatic nitrogens is 2. The molecular weight excluding hydrogens is 354 g/mol. The molecule has 0 saturated heterocycles. The van der Waals surface area contributed by atoms with E-state index in [9.17, 15) is 22.4 Å². The zero-order valence-corrected chi connectivity index (χ0v) is 13.1. The molecule has 1 aliphatic rings. The zero-order chi connectivity index (χ0) is 17.8. The monoisotopic (exact) mass is 363 g/mol. The van der Waals surface area contributed by atoms with Gasteiger partial charge in [0.25, 0.3) is 5.91 Å². The van der Waals surface area contributed by atoms with E-state index in [1.807, 2.05) is 0 Å². The molecule has 0 saturated carbocycles. The zero-order valence-electron chi connectivity index (χ0n) is 12.3. The summed E-state index contributed by atoms with van der Waals surface area (Å²) in [4.78, 5) is 11.6. The van der Waals surface area contributed by atoms with Crippen LogP contribution in [0.2, 0.25) is 5.02 Å². The third kappa shape index (κ3) is 2.58. The lowest BCUT2D eigenvalue weighted by Gasteiger charge is -2.23. The van der Waals surface area contributed by atoms with Gasteiger partial charge in [0, 0.05) is 18.7 Å². The molecule has 1 aromatic heterocycles. The van der Waals surface area contributed by atoms with Gasteiger partial charge in [0.1, 0.15) is 17.3 Å². The van der Waals surface area contributed by atoms with Crippen LogP contribution in [0.25, 0.3) is 11.3 Å². The van der Waals surface area contributed by atoms with E-state index in [1.165, 1.54) is 6.92 Å². The van der Waals surface area contributed by atoms with E-state index in [4.69, 9.17) is 16.3 Å². The number of benzene rings is 1. The molecule has 2 aromatic rings. The van der Waals surface area contributed by atoms with Crippen LogP contribution in [0.4, 0.5) is 23.2 Å². The van der Waals surface area contributed by atoms with Gasteiger partial charge >= 0.3 is 6.18 Å². The average Bonchev–Trinajstić information content (AvgIpc) is 2.75. The molecule has 0 bridgehead atoms. The highest BCUT2D eigenvalue weighted by Crippen LogP contribution is 2.42. The number of hydrogen-bond acceptors (Lipinski definition) is 3. The molecule has 3 rings (SSSR count). The third-order valence-electron chi connectivity index (χ3n) is 3.51.